The van der Waals surface area contributed by atoms with E-state index in [9.17, 15) is 18.0 Å². The minimum absolute atomic E-state index is 0.0517. The Morgan fingerprint density at radius 1 is 1.34 bits per heavy atom. The fraction of sp³-hybridized carbons (Fsp3) is 0.381. The lowest BCUT2D eigenvalue weighted by Crippen LogP contribution is -2.30. The summed E-state index contributed by atoms with van der Waals surface area (Å²) in [4.78, 5) is 11.6. The topological polar surface area (TPSA) is 72.1 Å². The average Bonchev–Trinajstić information content (AvgIpc) is 3.47. The van der Waals surface area contributed by atoms with Crippen LogP contribution in [0.2, 0.25) is 0 Å². The number of anilines is 1. The van der Waals surface area contributed by atoms with Crippen molar-refractivity contribution in [3.8, 4) is 0 Å². The van der Waals surface area contributed by atoms with Gasteiger partial charge >= 0.3 is 11.8 Å². The van der Waals surface area contributed by atoms with E-state index in [1.807, 2.05) is 19.1 Å². The molecule has 1 fully saturated rings. The molecule has 0 unspecified atom stereocenters. The van der Waals surface area contributed by atoms with Crippen LogP contribution in [0.3, 0.4) is 0 Å². The number of hydrogen-bond donors (Lipinski definition) is 2. The molecule has 1 saturated carbocycles. The van der Waals surface area contributed by atoms with Crippen LogP contribution in [0.25, 0.3) is 11.0 Å². The van der Waals surface area contributed by atoms with Gasteiger partial charge in [0.05, 0.1) is 10.2 Å². The molecule has 0 radical (unpaired) electrons. The van der Waals surface area contributed by atoms with Crippen molar-refractivity contribution in [1.29, 1.82) is 0 Å². The minimum Gasteiger partial charge on any atom is -0.423 e. The lowest BCUT2D eigenvalue weighted by molar-refractivity contribution is -0.142. The molecule has 32 heavy (non-hydrogen) atoms. The lowest BCUT2D eigenvalue weighted by atomic mass is 10.1. The smallest absolute Gasteiger partial charge is 0.423 e. The Balaban J connectivity index is 1.34. The molecule has 0 saturated heterocycles. The minimum atomic E-state index is -4.49. The summed E-state index contributed by atoms with van der Waals surface area (Å²) < 4.78 is 46.3. The van der Waals surface area contributed by atoms with E-state index in [0.29, 0.717) is 41.6 Å². The first-order chi connectivity index (χ1) is 15.1. The third kappa shape index (κ3) is 4.98. The molecule has 3 aromatic rings. The number of fused-ring (bicyclic) bond motifs is 1. The van der Waals surface area contributed by atoms with Gasteiger partial charge in [-0.1, -0.05) is 0 Å². The van der Waals surface area contributed by atoms with E-state index in [4.69, 9.17) is 16.6 Å². The largest absolute Gasteiger partial charge is 0.436 e. The first kappa shape index (κ1) is 22.8. The highest BCUT2D eigenvalue weighted by Gasteiger charge is 2.41. The predicted molar refractivity (Wildman–Crippen MR) is 123 cm³/mol. The Morgan fingerprint density at radius 2 is 2.09 bits per heavy atom. The van der Waals surface area contributed by atoms with Crippen LogP contribution in [0.15, 0.2) is 37.9 Å². The van der Waals surface area contributed by atoms with E-state index in [-0.39, 0.29) is 10.4 Å². The fourth-order valence-corrected chi connectivity index (χ4v) is 4.61. The molecule has 2 N–H and O–H groups in total. The molecule has 0 aliphatic heterocycles. The maximum atomic E-state index is 13.2. The maximum Gasteiger partial charge on any atom is 0.436 e. The molecule has 2 aromatic heterocycles. The van der Waals surface area contributed by atoms with Gasteiger partial charge in [0.15, 0.2) is 10.8 Å². The summed E-state index contributed by atoms with van der Waals surface area (Å²) in [6.45, 7) is 2.63. The van der Waals surface area contributed by atoms with E-state index in [1.54, 1.807) is 6.07 Å². The monoisotopic (exact) mass is 528 g/mol. The molecule has 1 aliphatic carbocycles. The van der Waals surface area contributed by atoms with Crippen LogP contribution in [-0.2, 0) is 12.7 Å². The molecule has 1 aromatic carbocycles. The second-order valence-corrected chi connectivity index (χ2v) is 8.94. The summed E-state index contributed by atoms with van der Waals surface area (Å²) in [6.07, 6.45) is -2.20. The molecular weight excluding hydrogens is 509 g/mol. The van der Waals surface area contributed by atoms with Crippen LogP contribution < -0.4 is 16.3 Å². The Bertz CT molecular complexity index is 1230. The van der Waals surface area contributed by atoms with E-state index in [2.05, 4.69) is 31.7 Å². The second-order valence-electron chi connectivity index (χ2n) is 7.74. The number of rotatable bonds is 6. The summed E-state index contributed by atoms with van der Waals surface area (Å²) in [5, 5.41) is 11.1. The number of hydrogen-bond acceptors (Lipinski definition) is 4. The van der Waals surface area contributed by atoms with Crippen molar-refractivity contribution in [3.05, 3.63) is 56.1 Å². The normalized spacial score (nSPS) is 14.0. The highest BCUT2D eigenvalue weighted by Crippen LogP contribution is 2.47. The number of nitrogens with one attached hydrogen (secondary N) is 2. The molecule has 4 rings (SSSR count). The van der Waals surface area contributed by atoms with E-state index in [0.717, 1.165) is 23.8 Å². The summed E-state index contributed by atoms with van der Waals surface area (Å²) >= 11 is 8.39. The van der Waals surface area contributed by atoms with Gasteiger partial charge in [-0.2, -0.15) is 18.3 Å². The quantitative estimate of drug-likeness (QED) is 0.256. The van der Waals surface area contributed by atoms with Crippen molar-refractivity contribution in [3.63, 3.8) is 0 Å². The van der Waals surface area contributed by atoms with Crippen LogP contribution in [-0.4, -0.2) is 21.4 Å². The zero-order valence-electron chi connectivity index (χ0n) is 17.1. The zero-order valence-corrected chi connectivity index (χ0v) is 19.5. The fourth-order valence-electron chi connectivity index (χ4n) is 3.56. The van der Waals surface area contributed by atoms with E-state index >= 15 is 0 Å². The lowest BCUT2D eigenvalue weighted by Gasteiger charge is -2.12. The molecule has 0 amide bonds. The summed E-state index contributed by atoms with van der Waals surface area (Å²) in [5.74, 6) is 0.125. The Hall–Kier alpha value is -2.40. The van der Waals surface area contributed by atoms with Gasteiger partial charge in [0.2, 0.25) is 0 Å². The van der Waals surface area contributed by atoms with Crippen LogP contribution in [0.4, 0.5) is 18.9 Å². The Labute approximate surface area is 195 Å². The van der Waals surface area contributed by atoms with Crippen molar-refractivity contribution in [2.75, 3.05) is 11.9 Å². The first-order valence-corrected chi connectivity index (χ1v) is 11.3. The van der Waals surface area contributed by atoms with Gasteiger partial charge in [0.1, 0.15) is 5.58 Å². The molecule has 6 nitrogen and oxygen atoms in total. The third-order valence-electron chi connectivity index (χ3n) is 5.21. The number of halogens is 4. The standard InChI is InChI=1S/C21H20BrF3N4O2S/c1-11-9-16(30)31-15-10-13(5-6-14(11)15)27-20(32)26-7-2-8-29-18(12-3-4-12)17(22)19(28-29)21(23,24)25/h5-6,9-10,12H,2-4,7-8H2,1H3,(H2,26,27,32). The molecule has 1 aliphatic rings. The number of benzene rings is 1. The molecular formula is C21H20BrF3N4O2S. The van der Waals surface area contributed by atoms with Gasteiger partial charge in [-0.05, 0) is 72.0 Å². The highest BCUT2D eigenvalue weighted by molar-refractivity contribution is 9.10. The van der Waals surface area contributed by atoms with Crippen molar-refractivity contribution in [2.24, 2.45) is 0 Å². The Morgan fingerprint density at radius 3 is 2.78 bits per heavy atom. The molecule has 0 spiro atoms. The maximum absolute atomic E-state index is 13.2. The van der Waals surface area contributed by atoms with Crippen LogP contribution >= 0.6 is 28.1 Å². The van der Waals surface area contributed by atoms with Crippen LogP contribution in [0.5, 0.6) is 0 Å². The number of aromatic nitrogens is 2. The SMILES string of the molecule is Cc1cc(=O)oc2cc(NC(=S)NCCCn3nc(C(F)(F)F)c(Br)c3C3CC3)ccc12. The van der Waals surface area contributed by atoms with E-state index in [1.165, 1.54) is 10.7 Å². The van der Waals surface area contributed by atoms with Gasteiger partial charge in [0, 0.05) is 42.2 Å². The summed E-state index contributed by atoms with van der Waals surface area (Å²) in [7, 11) is 0. The van der Waals surface area contributed by atoms with Gasteiger partial charge in [0.25, 0.3) is 0 Å². The Kier molecular flexibility index (Phi) is 6.30. The molecule has 0 atom stereocenters. The molecule has 11 heteroatoms. The molecule has 170 valence electrons. The van der Waals surface area contributed by atoms with Crippen molar-refractivity contribution >= 4 is 49.9 Å². The van der Waals surface area contributed by atoms with Crippen LogP contribution in [0.1, 0.15) is 42.1 Å². The first-order valence-electron chi connectivity index (χ1n) is 10.1. The third-order valence-corrected chi connectivity index (χ3v) is 6.23. The second kappa shape index (κ2) is 8.86. The van der Waals surface area contributed by atoms with Crippen molar-refractivity contribution in [1.82, 2.24) is 15.1 Å². The molecule has 0 bridgehead atoms. The van der Waals surface area contributed by atoms with Crippen molar-refractivity contribution in [2.45, 2.75) is 44.8 Å². The van der Waals surface area contributed by atoms with Crippen molar-refractivity contribution < 1.29 is 17.6 Å². The zero-order chi connectivity index (χ0) is 23.0. The number of nitrogens with zero attached hydrogens (tertiary/aromatic N) is 2. The van der Waals surface area contributed by atoms with E-state index < -0.39 is 17.5 Å². The summed E-state index contributed by atoms with van der Waals surface area (Å²) in [6, 6.07) is 6.79. The average molecular weight is 529 g/mol. The highest BCUT2D eigenvalue weighted by atomic mass is 79.9. The number of aryl methyl sites for hydroxylation is 2. The van der Waals surface area contributed by atoms with Gasteiger partial charge in [-0.3, -0.25) is 4.68 Å². The van der Waals surface area contributed by atoms with Gasteiger partial charge in [-0.25, -0.2) is 4.79 Å². The van der Waals surface area contributed by atoms with Gasteiger partial charge < -0.3 is 15.1 Å². The number of alkyl halides is 3. The molecule has 2 heterocycles. The predicted octanol–water partition coefficient (Wildman–Crippen LogP) is 5.33. The summed E-state index contributed by atoms with van der Waals surface area (Å²) in [5.41, 5.74) is 1.27. The van der Waals surface area contributed by atoms with Gasteiger partial charge in [-0.15, -0.1) is 0 Å². The number of thiocarbonyl (C=S) groups is 1. The van der Waals surface area contributed by atoms with Crippen LogP contribution in [0, 0.1) is 6.92 Å².